The van der Waals surface area contributed by atoms with Gasteiger partial charge in [0.05, 0.1) is 43.2 Å². The van der Waals surface area contributed by atoms with Crippen molar-refractivity contribution in [2.24, 2.45) is 0 Å². The monoisotopic (exact) mass is 386 g/mol. The van der Waals surface area contributed by atoms with Crippen LogP contribution in [0, 0.1) is 0 Å². The fraction of sp³-hybridized carbons (Fsp3) is 0.588. The van der Waals surface area contributed by atoms with Crippen LogP contribution >= 0.6 is 11.6 Å². The molecule has 0 saturated carbocycles. The van der Waals surface area contributed by atoms with Crippen LogP contribution in [0.25, 0.3) is 0 Å². The molecule has 0 radical (unpaired) electrons. The van der Waals surface area contributed by atoms with Gasteiger partial charge in [-0.3, -0.25) is 4.79 Å². The molecule has 1 amide bonds. The first-order chi connectivity index (χ1) is 11.7. The van der Waals surface area contributed by atoms with Crippen molar-refractivity contribution < 1.29 is 18.1 Å². The van der Waals surface area contributed by atoms with E-state index >= 15 is 0 Å². The molecule has 2 saturated heterocycles. The lowest BCUT2D eigenvalue weighted by Crippen LogP contribution is -3.16. The Bertz CT molecular complexity index is 747. The summed E-state index contributed by atoms with van der Waals surface area (Å²) in [5, 5.41) is 3.67. The number of sulfone groups is 1. The van der Waals surface area contributed by atoms with E-state index in [9.17, 15) is 13.2 Å². The second kappa shape index (κ2) is 7.13. The van der Waals surface area contributed by atoms with E-state index in [0.29, 0.717) is 13.0 Å². The Kier molecular flexibility index (Phi) is 5.27. The highest BCUT2D eigenvalue weighted by Gasteiger charge is 2.40. The number of rotatable bonds is 4. The van der Waals surface area contributed by atoms with Crippen molar-refractivity contribution >= 4 is 33.0 Å². The molecular weight excluding hydrogens is 362 g/mol. The molecule has 1 aromatic rings. The second-order valence-electron chi connectivity index (χ2n) is 7.34. The van der Waals surface area contributed by atoms with Gasteiger partial charge in [0.1, 0.15) is 0 Å². The maximum atomic E-state index is 12.3. The molecule has 2 heterocycles. The summed E-state index contributed by atoms with van der Waals surface area (Å²) in [6.07, 6.45) is 0.499. The van der Waals surface area contributed by atoms with Crippen molar-refractivity contribution in [1.82, 2.24) is 5.32 Å². The molecule has 138 valence electrons. The topological polar surface area (TPSA) is 70.9 Å². The summed E-state index contributed by atoms with van der Waals surface area (Å²) in [6, 6.07) is 7.81. The molecule has 0 unspecified atom stereocenters. The van der Waals surface area contributed by atoms with Crippen LogP contribution in [0.1, 0.15) is 13.3 Å². The van der Waals surface area contributed by atoms with E-state index in [1.165, 1.54) is 4.90 Å². The van der Waals surface area contributed by atoms with Gasteiger partial charge in [0.15, 0.2) is 16.4 Å². The van der Waals surface area contributed by atoms with E-state index in [0.717, 1.165) is 36.9 Å². The Morgan fingerprint density at radius 1 is 1.36 bits per heavy atom. The van der Waals surface area contributed by atoms with Gasteiger partial charge in [0.2, 0.25) is 0 Å². The molecule has 3 rings (SSSR count). The molecule has 1 aromatic carbocycles. The standard InChI is InChI=1S/C17H24ClN3O3S/c1-17(5-10-25(23,24)13-17)19-16(22)12-20-6-8-21(9-7-20)15-4-2-3-14(18)11-15/h2-4,11H,5-10,12-13H2,1H3,(H,19,22)/p+1/t17-/m0/s1. The van der Waals surface area contributed by atoms with Gasteiger partial charge < -0.3 is 15.1 Å². The molecule has 2 fully saturated rings. The van der Waals surface area contributed by atoms with E-state index in [1.807, 2.05) is 31.2 Å². The number of hydrogen-bond donors (Lipinski definition) is 2. The Morgan fingerprint density at radius 2 is 2.08 bits per heavy atom. The van der Waals surface area contributed by atoms with Gasteiger partial charge in [-0.05, 0) is 31.5 Å². The molecule has 0 aliphatic carbocycles. The average molecular weight is 387 g/mol. The maximum Gasteiger partial charge on any atom is 0.275 e. The van der Waals surface area contributed by atoms with E-state index in [4.69, 9.17) is 11.6 Å². The molecule has 0 bridgehead atoms. The molecule has 2 aliphatic heterocycles. The van der Waals surface area contributed by atoms with Crippen LogP contribution in [0.2, 0.25) is 5.02 Å². The fourth-order valence-corrected chi connectivity index (χ4v) is 5.93. The lowest BCUT2D eigenvalue weighted by molar-refractivity contribution is -0.892. The van der Waals surface area contributed by atoms with Gasteiger partial charge in [0, 0.05) is 10.7 Å². The van der Waals surface area contributed by atoms with E-state index in [-0.39, 0.29) is 17.4 Å². The zero-order chi connectivity index (χ0) is 18.1. The van der Waals surface area contributed by atoms with Crippen LogP contribution in [0.15, 0.2) is 24.3 Å². The smallest absolute Gasteiger partial charge is 0.275 e. The normalized spacial score (nSPS) is 26.6. The van der Waals surface area contributed by atoms with Crippen molar-refractivity contribution in [3.05, 3.63) is 29.3 Å². The molecule has 0 aromatic heterocycles. The van der Waals surface area contributed by atoms with Crippen LogP contribution < -0.4 is 15.1 Å². The first-order valence-electron chi connectivity index (χ1n) is 8.60. The first-order valence-corrected chi connectivity index (χ1v) is 10.8. The average Bonchev–Trinajstić information content (AvgIpc) is 2.81. The number of piperazine rings is 1. The third kappa shape index (κ3) is 4.86. The quantitative estimate of drug-likeness (QED) is 0.748. The Hall–Kier alpha value is -1.31. The molecule has 2 N–H and O–H groups in total. The summed E-state index contributed by atoms with van der Waals surface area (Å²) in [6.45, 7) is 5.69. The molecule has 1 atom stereocenters. The van der Waals surface area contributed by atoms with Crippen LogP contribution in [0.4, 0.5) is 5.69 Å². The highest BCUT2D eigenvalue weighted by atomic mass is 35.5. The number of nitrogens with zero attached hydrogens (tertiary/aromatic N) is 1. The largest absolute Gasteiger partial charge is 0.360 e. The van der Waals surface area contributed by atoms with E-state index < -0.39 is 15.4 Å². The maximum absolute atomic E-state index is 12.3. The lowest BCUT2D eigenvalue weighted by Gasteiger charge is -2.34. The summed E-state index contributed by atoms with van der Waals surface area (Å²) in [7, 11) is -3.01. The zero-order valence-corrected chi connectivity index (χ0v) is 16.0. The number of anilines is 1. The molecule has 8 heteroatoms. The van der Waals surface area contributed by atoms with Crippen LogP contribution in [0.3, 0.4) is 0 Å². The number of amides is 1. The number of quaternary nitrogens is 1. The Morgan fingerprint density at radius 3 is 2.68 bits per heavy atom. The van der Waals surface area contributed by atoms with Crippen molar-refractivity contribution in [2.45, 2.75) is 18.9 Å². The number of benzene rings is 1. The molecule has 25 heavy (non-hydrogen) atoms. The minimum absolute atomic E-state index is 0.0453. The Labute approximate surface area is 154 Å². The molecule has 0 spiro atoms. The third-order valence-electron chi connectivity index (χ3n) is 5.00. The predicted octanol–water partition coefficient (Wildman–Crippen LogP) is -0.262. The highest BCUT2D eigenvalue weighted by Crippen LogP contribution is 2.22. The van der Waals surface area contributed by atoms with Crippen LogP contribution in [-0.4, -0.2) is 64.1 Å². The van der Waals surface area contributed by atoms with Gasteiger partial charge in [-0.2, -0.15) is 0 Å². The number of hydrogen-bond acceptors (Lipinski definition) is 4. The van der Waals surface area contributed by atoms with Gasteiger partial charge in [0.25, 0.3) is 5.91 Å². The molecule has 6 nitrogen and oxygen atoms in total. The van der Waals surface area contributed by atoms with E-state index in [1.54, 1.807) is 0 Å². The summed E-state index contributed by atoms with van der Waals surface area (Å²) < 4.78 is 23.3. The van der Waals surface area contributed by atoms with Gasteiger partial charge in [-0.25, -0.2) is 8.42 Å². The van der Waals surface area contributed by atoms with Crippen molar-refractivity contribution in [3.63, 3.8) is 0 Å². The fourth-order valence-electron chi connectivity index (χ4n) is 3.65. The van der Waals surface area contributed by atoms with Gasteiger partial charge >= 0.3 is 0 Å². The minimum atomic E-state index is -3.01. The molecular formula is C17H25ClN3O3S+. The summed E-state index contributed by atoms with van der Waals surface area (Å²) >= 11 is 6.05. The predicted molar refractivity (Wildman–Crippen MR) is 99.0 cm³/mol. The van der Waals surface area contributed by atoms with Gasteiger partial charge in [-0.1, -0.05) is 17.7 Å². The number of carbonyl (C=O) groups is 1. The zero-order valence-electron chi connectivity index (χ0n) is 14.4. The first kappa shape index (κ1) is 18.5. The van der Waals surface area contributed by atoms with Crippen molar-refractivity contribution in [2.75, 3.05) is 49.1 Å². The number of carbonyl (C=O) groups excluding carboxylic acids is 1. The van der Waals surface area contributed by atoms with E-state index in [2.05, 4.69) is 10.2 Å². The minimum Gasteiger partial charge on any atom is -0.360 e. The van der Waals surface area contributed by atoms with Gasteiger partial charge in [-0.15, -0.1) is 0 Å². The van der Waals surface area contributed by atoms with Crippen molar-refractivity contribution in [1.29, 1.82) is 0 Å². The Balaban J connectivity index is 1.48. The summed E-state index contributed by atoms with van der Waals surface area (Å²) in [5.74, 6) is 0.143. The number of nitrogens with one attached hydrogen (secondary N) is 2. The summed E-state index contributed by atoms with van der Waals surface area (Å²) in [5.41, 5.74) is 0.498. The van der Waals surface area contributed by atoms with Crippen LogP contribution in [0.5, 0.6) is 0 Å². The summed E-state index contributed by atoms with van der Waals surface area (Å²) in [4.78, 5) is 15.8. The highest BCUT2D eigenvalue weighted by molar-refractivity contribution is 7.91. The van der Waals surface area contributed by atoms with Crippen LogP contribution in [-0.2, 0) is 14.6 Å². The second-order valence-corrected chi connectivity index (χ2v) is 9.97. The number of halogens is 1. The lowest BCUT2D eigenvalue weighted by atomic mass is 10.0. The SMILES string of the molecule is C[C@]1(NC(=O)C[NH+]2CCN(c3cccc(Cl)c3)CC2)CCS(=O)(=O)C1. The van der Waals surface area contributed by atoms with Crippen molar-refractivity contribution in [3.8, 4) is 0 Å². The third-order valence-corrected chi connectivity index (χ3v) is 7.14. The molecule has 2 aliphatic rings.